The second kappa shape index (κ2) is 8.03. The Hall–Kier alpha value is -2.59. The molecular weight excluding hydrogens is 423 g/mol. The second-order valence-electron chi connectivity index (χ2n) is 6.46. The average Bonchev–Trinajstić information content (AvgIpc) is 2.74. The molecule has 0 bridgehead atoms. The Morgan fingerprint density at radius 3 is 1.14 bits per heavy atom. The third kappa shape index (κ3) is 3.69. The van der Waals surface area contributed by atoms with Crippen LogP contribution >= 0.6 is 23.2 Å². The lowest BCUT2D eigenvalue weighted by molar-refractivity contribution is 0.596. The van der Waals surface area contributed by atoms with Crippen molar-refractivity contribution < 1.29 is 8.42 Å². The molecule has 0 aliphatic rings. The van der Waals surface area contributed by atoms with Gasteiger partial charge in [-0.3, -0.25) is 0 Å². The quantitative estimate of drug-likeness (QED) is 0.338. The van der Waals surface area contributed by atoms with Gasteiger partial charge in [0.2, 0.25) is 9.84 Å². The van der Waals surface area contributed by atoms with Crippen LogP contribution < -0.4 is 0 Å². The van der Waals surface area contributed by atoms with Crippen LogP contribution in [-0.4, -0.2) is 8.42 Å². The molecule has 144 valence electrons. The molecule has 4 rings (SSSR count). The standard InChI is InChI=1S/C24H16Cl2O2S/c25-21-13-5-1-9-17(21)19-11-3-7-15-23(19)29(27,28)24-16-8-4-12-20(24)18-10-2-6-14-22(18)26/h1-16H. The number of halogens is 2. The topological polar surface area (TPSA) is 34.1 Å². The zero-order chi connectivity index (χ0) is 20.4. The fraction of sp³-hybridized carbons (Fsp3) is 0. The summed E-state index contributed by atoms with van der Waals surface area (Å²) in [6.45, 7) is 0. The minimum absolute atomic E-state index is 0.201. The Labute approximate surface area is 180 Å². The maximum absolute atomic E-state index is 13.8. The van der Waals surface area contributed by atoms with Gasteiger partial charge in [-0.15, -0.1) is 0 Å². The van der Waals surface area contributed by atoms with Gasteiger partial charge in [0.1, 0.15) is 0 Å². The number of benzene rings is 4. The lowest BCUT2D eigenvalue weighted by Gasteiger charge is -2.15. The van der Waals surface area contributed by atoms with E-state index in [-0.39, 0.29) is 9.79 Å². The number of rotatable bonds is 4. The minimum Gasteiger partial charge on any atom is -0.218 e. The van der Waals surface area contributed by atoms with E-state index in [0.717, 1.165) is 0 Å². The van der Waals surface area contributed by atoms with E-state index >= 15 is 0 Å². The van der Waals surface area contributed by atoms with Crippen molar-refractivity contribution >= 4 is 33.0 Å². The molecule has 5 heteroatoms. The van der Waals surface area contributed by atoms with Crippen LogP contribution in [-0.2, 0) is 9.84 Å². The molecule has 0 N–H and O–H groups in total. The van der Waals surface area contributed by atoms with Crippen LogP contribution in [0.5, 0.6) is 0 Å². The first kappa shape index (κ1) is 19.7. The Kier molecular flexibility index (Phi) is 5.46. The zero-order valence-corrected chi connectivity index (χ0v) is 17.5. The predicted molar refractivity (Wildman–Crippen MR) is 119 cm³/mol. The van der Waals surface area contributed by atoms with Crippen molar-refractivity contribution in [2.24, 2.45) is 0 Å². The van der Waals surface area contributed by atoms with E-state index in [1.807, 2.05) is 36.4 Å². The van der Waals surface area contributed by atoms with E-state index in [4.69, 9.17) is 23.2 Å². The maximum Gasteiger partial charge on any atom is 0.207 e. The second-order valence-corrected chi connectivity index (χ2v) is 9.16. The summed E-state index contributed by atoms with van der Waals surface area (Å²) in [6.07, 6.45) is 0. The van der Waals surface area contributed by atoms with Crippen molar-refractivity contribution in [3.05, 3.63) is 107 Å². The van der Waals surface area contributed by atoms with Crippen molar-refractivity contribution in [3.63, 3.8) is 0 Å². The van der Waals surface area contributed by atoms with Crippen molar-refractivity contribution in [2.75, 3.05) is 0 Å². The van der Waals surface area contributed by atoms with Crippen molar-refractivity contribution in [1.29, 1.82) is 0 Å². The molecule has 0 amide bonds. The summed E-state index contributed by atoms with van der Waals surface area (Å²) in [5.41, 5.74) is 2.46. The summed E-state index contributed by atoms with van der Waals surface area (Å²) in [5, 5.41) is 0.990. The Bertz CT molecular complexity index is 1200. The summed E-state index contributed by atoms with van der Waals surface area (Å²) in [5.74, 6) is 0. The molecule has 0 atom stereocenters. The molecule has 0 aliphatic heterocycles. The van der Waals surface area contributed by atoms with Gasteiger partial charge in [0.25, 0.3) is 0 Å². The van der Waals surface area contributed by atoms with Crippen molar-refractivity contribution in [1.82, 2.24) is 0 Å². The van der Waals surface area contributed by atoms with Gasteiger partial charge in [-0.2, -0.15) is 0 Å². The fourth-order valence-electron chi connectivity index (χ4n) is 3.32. The van der Waals surface area contributed by atoms with Crippen LogP contribution in [0.15, 0.2) is 107 Å². The van der Waals surface area contributed by atoms with Gasteiger partial charge < -0.3 is 0 Å². The molecule has 0 spiro atoms. The summed E-state index contributed by atoms with van der Waals surface area (Å²) in [7, 11) is -3.85. The Balaban J connectivity index is 1.96. The average molecular weight is 439 g/mol. The van der Waals surface area contributed by atoms with Gasteiger partial charge in [-0.25, -0.2) is 8.42 Å². The fourth-order valence-corrected chi connectivity index (χ4v) is 5.49. The largest absolute Gasteiger partial charge is 0.218 e. The van der Waals surface area contributed by atoms with Crippen LogP contribution in [0.25, 0.3) is 22.3 Å². The van der Waals surface area contributed by atoms with Crippen molar-refractivity contribution in [2.45, 2.75) is 9.79 Å². The Morgan fingerprint density at radius 1 is 0.448 bits per heavy atom. The summed E-state index contributed by atoms with van der Waals surface area (Å²) < 4.78 is 27.5. The molecule has 4 aromatic rings. The van der Waals surface area contributed by atoms with Crippen LogP contribution in [0.4, 0.5) is 0 Å². The summed E-state index contributed by atoms with van der Waals surface area (Å²) in [4.78, 5) is 0.403. The van der Waals surface area contributed by atoms with E-state index in [1.54, 1.807) is 60.7 Å². The van der Waals surface area contributed by atoms with E-state index in [1.165, 1.54) is 0 Å². The lowest BCUT2D eigenvalue weighted by Crippen LogP contribution is -2.06. The molecule has 0 saturated heterocycles. The van der Waals surface area contributed by atoms with Gasteiger partial charge in [0, 0.05) is 32.3 Å². The first-order chi connectivity index (χ1) is 14.0. The highest BCUT2D eigenvalue weighted by molar-refractivity contribution is 7.91. The highest BCUT2D eigenvalue weighted by atomic mass is 35.5. The maximum atomic E-state index is 13.8. The molecule has 0 radical (unpaired) electrons. The third-order valence-corrected chi connectivity index (χ3v) is 7.21. The van der Waals surface area contributed by atoms with Gasteiger partial charge in [-0.1, -0.05) is 96.0 Å². The summed E-state index contributed by atoms with van der Waals surface area (Å²) >= 11 is 12.7. The van der Waals surface area contributed by atoms with Crippen molar-refractivity contribution in [3.8, 4) is 22.3 Å². The molecule has 0 aromatic heterocycles. The van der Waals surface area contributed by atoms with Crippen LogP contribution in [0.2, 0.25) is 10.0 Å². The number of hydrogen-bond donors (Lipinski definition) is 0. The van der Waals surface area contributed by atoms with E-state index in [2.05, 4.69) is 0 Å². The molecule has 0 saturated carbocycles. The molecule has 2 nitrogen and oxygen atoms in total. The number of sulfone groups is 1. The highest BCUT2D eigenvalue weighted by Gasteiger charge is 2.26. The molecular formula is C24H16Cl2O2S. The molecule has 4 aromatic carbocycles. The van der Waals surface area contributed by atoms with E-state index < -0.39 is 9.84 Å². The zero-order valence-electron chi connectivity index (χ0n) is 15.2. The third-order valence-electron chi connectivity index (χ3n) is 4.68. The van der Waals surface area contributed by atoms with E-state index in [9.17, 15) is 8.42 Å². The number of hydrogen-bond acceptors (Lipinski definition) is 2. The highest BCUT2D eigenvalue weighted by Crippen LogP contribution is 2.39. The van der Waals surface area contributed by atoms with E-state index in [0.29, 0.717) is 32.3 Å². The van der Waals surface area contributed by atoms with Crippen LogP contribution in [0, 0.1) is 0 Å². The summed E-state index contributed by atoms with van der Waals surface area (Å²) in [6, 6.07) is 28.2. The predicted octanol–water partition coefficient (Wildman–Crippen LogP) is 7.16. The molecule has 0 heterocycles. The molecule has 0 unspecified atom stereocenters. The Morgan fingerprint density at radius 2 is 0.759 bits per heavy atom. The lowest BCUT2D eigenvalue weighted by atomic mass is 10.1. The van der Waals surface area contributed by atoms with Gasteiger partial charge in [-0.05, 0) is 24.3 Å². The van der Waals surface area contributed by atoms with Gasteiger partial charge in [0.15, 0.2) is 0 Å². The molecule has 29 heavy (non-hydrogen) atoms. The minimum atomic E-state index is -3.85. The molecule has 0 fully saturated rings. The SMILES string of the molecule is O=S(=O)(c1ccccc1-c1ccccc1Cl)c1ccccc1-c1ccccc1Cl. The smallest absolute Gasteiger partial charge is 0.207 e. The monoisotopic (exact) mass is 438 g/mol. The van der Waals surface area contributed by atoms with Gasteiger partial charge in [0.05, 0.1) is 9.79 Å². The van der Waals surface area contributed by atoms with Gasteiger partial charge >= 0.3 is 0 Å². The first-order valence-corrected chi connectivity index (χ1v) is 11.2. The normalized spacial score (nSPS) is 11.4. The van der Waals surface area contributed by atoms with Crippen LogP contribution in [0.1, 0.15) is 0 Å². The van der Waals surface area contributed by atoms with Crippen LogP contribution in [0.3, 0.4) is 0 Å². The first-order valence-electron chi connectivity index (χ1n) is 8.93. The molecule has 0 aliphatic carbocycles.